The molecule has 3 N–H and O–H groups in total. The van der Waals surface area contributed by atoms with Gasteiger partial charge in [-0.1, -0.05) is 23.4 Å². The van der Waals surface area contributed by atoms with Gasteiger partial charge in [-0.25, -0.2) is 4.79 Å². The van der Waals surface area contributed by atoms with Crippen LogP contribution in [0.15, 0.2) is 16.5 Å². The average Bonchev–Trinajstić information content (AvgIpc) is 3.29. The molecule has 9 heteroatoms. The van der Waals surface area contributed by atoms with E-state index < -0.39 is 5.60 Å². The largest absolute Gasteiger partial charge is 0.444 e. The zero-order chi connectivity index (χ0) is 20.1. The molecule has 3 aliphatic heterocycles. The number of nitrogens with one attached hydrogen (secondary N) is 1. The van der Waals surface area contributed by atoms with Crippen LogP contribution in [0.5, 0.6) is 0 Å². The normalized spacial score (nSPS) is 27.8. The highest BCUT2D eigenvalue weighted by atomic mass is 35.5. The predicted octanol–water partition coefficient (Wildman–Crippen LogP) is 3.94. The van der Waals surface area contributed by atoms with Crippen molar-refractivity contribution in [2.75, 3.05) is 19.6 Å². The van der Waals surface area contributed by atoms with Crippen molar-refractivity contribution in [3.05, 3.63) is 26.4 Å². The Kier molecular flexibility index (Phi) is 5.50. The molecule has 0 aromatic carbocycles. The van der Waals surface area contributed by atoms with Crippen molar-refractivity contribution in [3.8, 4) is 0 Å². The highest BCUT2D eigenvalue weighted by Gasteiger charge is 2.44. The Labute approximate surface area is 179 Å². The molecule has 1 aromatic rings. The minimum Gasteiger partial charge on any atom is -0.444 e. The molecule has 154 valence electrons. The smallest absolute Gasteiger partial charge is 0.410 e. The molecule has 28 heavy (non-hydrogen) atoms. The van der Waals surface area contributed by atoms with Crippen LogP contribution in [0.25, 0.3) is 5.70 Å². The van der Waals surface area contributed by atoms with Gasteiger partial charge in [0.05, 0.1) is 26.7 Å². The number of hydrogen-bond donors (Lipinski definition) is 2. The summed E-state index contributed by atoms with van der Waals surface area (Å²) in [6.07, 6.45) is 1.96. The third kappa shape index (κ3) is 4.10. The maximum atomic E-state index is 12.7. The van der Waals surface area contributed by atoms with Gasteiger partial charge in [0, 0.05) is 25.0 Å². The number of ether oxygens (including phenoxy) is 1. The quantitative estimate of drug-likeness (QED) is 0.722. The van der Waals surface area contributed by atoms with Gasteiger partial charge in [-0.05, 0) is 45.6 Å². The summed E-state index contributed by atoms with van der Waals surface area (Å²) in [6, 6.07) is 2.16. The fourth-order valence-electron chi connectivity index (χ4n) is 4.16. The van der Waals surface area contributed by atoms with Crippen LogP contribution < -0.4 is 11.1 Å². The van der Waals surface area contributed by atoms with Crippen LogP contribution in [-0.2, 0) is 4.74 Å². The topological polar surface area (TPSA) is 70.8 Å². The number of halogens is 1. The average molecular weight is 443 g/mol. The van der Waals surface area contributed by atoms with E-state index in [1.54, 1.807) is 23.1 Å². The Hall–Kier alpha value is -1.09. The number of rotatable bonds is 2. The summed E-state index contributed by atoms with van der Waals surface area (Å²) < 4.78 is 5.66. The number of hydrogen-bond acceptors (Lipinski definition) is 7. The number of carbonyl (C=O) groups excluding carboxylic acids is 1. The summed E-state index contributed by atoms with van der Waals surface area (Å²) in [5, 5.41) is 7.22. The second-order valence-corrected chi connectivity index (χ2v) is 11.0. The zero-order valence-corrected chi connectivity index (χ0v) is 18.8. The summed E-state index contributed by atoms with van der Waals surface area (Å²) in [6.45, 7) is 8.25. The van der Waals surface area contributed by atoms with Gasteiger partial charge in [-0.3, -0.25) is 0 Å². The van der Waals surface area contributed by atoms with E-state index in [4.69, 9.17) is 22.1 Å². The molecule has 0 spiro atoms. The minimum atomic E-state index is -0.478. The number of thioether (sulfide) groups is 1. The Morgan fingerprint density at radius 1 is 1.39 bits per heavy atom. The molecular formula is C19H27ClN4O2S2. The molecular weight excluding hydrogens is 416 g/mol. The molecule has 0 radical (unpaired) electrons. The monoisotopic (exact) mass is 442 g/mol. The van der Waals surface area contributed by atoms with Crippen molar-refractivity contribution >= 4 is 46.5 Å². The van der Waals surface area contributed by atoms with E-state index in [2.05, 4.69) is 10.2 Å². The first-order valence-electron chi connectivity index (χ1n) is 9.63. The van der Waals surface area contributed by atoms with E-state index in [9.17, 15) is 4.79 Å². The first-order chi connectivity index (χ1) is 13.2. The summed E-state index contributed by atoms with van der Waals surface area (Å²) in [5.74, 6) is 0.458. The number of fused-ring (bicyclic) bond motifs is 1. The third-order valence-corrected chi connectivity index (χ3v) is 7.60. The molecule has 3 unspecified atom stereocenters. The van der Waals surface area contributed by atoms with Crippen LogP contribution in [0.3, 0.4) is 0 Å². The molecule has 0 bridgehead atoms. The van der Waals surface area contributed by atoms with Crippen LogP contribution in [-0.4, -0.2) is 52.7 Å². The van der Waals surface area contributed by atoms with Gasteiger partial charge >= 0.3 is 6.09 Å². The Balaban J connectivity index is 1.55. The maximum absolute atomic E-state index is 12.7. The molecule has 1 aromatic heterocycles. The fraction of sp³-hybridized carbons (Fsp3) is 0.632. The van der Waals surface area contributed by atoms with Gasteiger partial charge in [0.1, 0.15) is 11.1 Å². The second-order valence-electron chi connectivity index (χ2n) is 8.54. The Morgan fingerprint density at radius 2 is 2.18 bits per heavy atom. The van der Waals surface area contributed by atoms with Crippen LogP contribution in [0, 0.1) is 5.92 Å². The van der Waals surface area contributed by atoms with Gasteiger partial charge < -0.3 is 25.6 Å². The van der Waals surface area contributed by atoms with Gasteiger partial charge in [-0.15, -0.1) is 11.3 Å². The van der Waals surface area contributed by atoms with E-state index in [1.165, 1.54) is 0 Å². The zero-order valence-electron chi connectivity index (χ0n) is 16.4. The van der Waals surface area contributed by atoms with Crippen molar-refractivity contribution in [3.63, 3.8) is 0 Å². The standard InChI is InChI=1S/C19H27ClN4O2S2/c1-19(2,3)26-18(25)24-6-4-5-11-8-23(9-13(11)24)16-15(22-17(21)28-16)14-7-12(20)10-27-14/h7,10-11,13,17,22H,4-6,8-9,21H2,1-3H3. The highest BCUT2D eigenvalue weighted by Crippen LogP contribution is 2.42. The number of amides is 1. The minimum absolute atomic E-state index is 0.171. The van der Waals surface area contributed by atoms with E-state index in [1.807, 2.05) is 37.1 Å². The third-order valence-electron chi connectivity index (χ3n) is 5.25. The van der Waals surface area contributed by atoms with Crippen molar-refractivity contribution in [1.29, 1.82) is 0 Å². The van der Waals surface area contributed by atoms with E-state index in [0.717, 1.165) is 53.1 Å². The number of nitrogens with two attached hydrogens (primary N) is 1. The van der Waals surface area contributed by atoms with Crippen molar-refractivity contribution in [1.82, 2.24) is 15.1 Å². The molecule has 2 fully saturated rings. The molecule has 2 saturated heterocycles. The highest BCUT2D eigenvalue weighted by molar-refractivity contribution is 8.04. The molecule has 0 saturated carbocycles. The lowest BCUT2D eigenvalue weighted by Gasteiger charge is -2.37. The number of carbonyl (C=O) groups is 1. The van der Waals surface area contributed by atoms with Crippen molar-refractivity contribution in [2.45, 2.75) is 50.8 Å². The molecule has 3 aliphatic rings. The molecule has 3 atom stereocenters. The number of nitrogens with zero attached hydrogens (tertiary/aromatic N) is 2. The van der Waals surface area contributed by atoms with Crippen molar-refractivity contribution < 1.29 is 9.53 Å². The summed E-state index contributed by atoms with van der Waals surface area (Å²) in [4.78, 5) is 18.2. The number of likely N-dealkylation sites (tertiary alicyclic amines) is 2. The van der Waals surface area contributed by atoms with Gasteiger partial charge in [0.2, 0.25) is 0 Å². The first kappa shape index (κ1) is 20.2. The SMILES string of the molecule is CC(C)(C)OC(=O)N1CCCC2CN(C3=C(c4cc(Cl)cs4)NC(N)S3)CC21. The molecule has 6 nitrogen and oxygen atoms in total. The fourth-order valence-corrected chi connectivity index (χ4v) is 6.31. The Bertz CT molecular complexity index is 791. The van der Waals surface area contributed by atoms with E-state index in [-0.39, 0.29) is 17.6 Å². The lowest BCUT2D eigenvalue weighted by atomic mass is 9.92. The molecule has 4 rings (SSSR count). The number of thiophene rings is 1. The molecule has 4 heterocycles. The van der Waals surface area contributed by atoms with Gasteiger partial charge in [-0.2, -0.15) is 0 Å². The van der Waals surface area contributed by atoms with Crippen LogP contribution in [0.2, 0.25) is 5.02 Å². The van der Waals surface area contributed by atoms with Crippen LogP contribution in [0.1, 0.15) is 38.5 Å². The van der Waals surface area contributed by atoms with E-state index >= 15 is 0 Å². The maximum Gasteiger partial charge on any atom is 0.410 e. The van der Waals surface area contributed by atoms with Gasteiger partial charge in [0.15, 0.2) is 0 Å². The summed E-state index contributed by atoms with van der Waals surface area (Å²) in [5.41, 5.74) is 6.59. The summed E-state index contributed by atoms with van der Waals surface area (Å²) in [7, 11) is 0. The van der Waals surface area contributed by atoms with E-state index in [0.29, 0.717) is 5.92 Å². The lowest BCUT2D eigenvalue weighted by molar-refractivity contribution is 0.00636. The first-order valence-corrected chi connectivity index (χ1v) is 11.8. The number of piperidine rings is 1. The van der Waals surface area contributed by atoms with Crippen molar-refractivity contribution in [2.24, 2.45) is 11.7 Å². The second kappa shape index (κ2) is 7.63. The molecule has 0 aliphatic carbocycles. The van der Waals surface area contributed by atoms with Crippen LogP contribution >= 0.6 is 34.7 Å². The Morgan fingerprint density at radius 3 is 2.86 bits per heavy atom. The predicted molar refractivity (Wildman–Crippen MR) is 116 cm³/mol. The molecule has 1 amide bonds. The van der Waals surface area contributed by atoms with Gasteiger partial charge in [0.25, 0.3) is 0 Å². The van der Waals surface area contributed by atoms with Crippen LogP contribution in [0.4, 0.5) is 4.79 Å². The summed E-state index contributed by atoms with van der Waals surface area (Å²) >= 11 is 9.40. The lowest BCUT2D eigenvalue weighted by Crippen LogP contribution is -2.50.